The standard InChI is InChI=1S/C15H19N3O2/c1-19-15(5-7-20-10-15)9-18-13-4-6-17-14-8-11(16)2-3-12(13)14/h2-4,6,8H,5,7,9-10,16H2,1H3,(H,17,18). The maximum Gasteiger partial charge on any atom is 0.110 e. The molecule has 3 rings (SSSR count). The van der Waals surface area contributed by atoms with Gasteiger partial charge in [0.1, 0.15) is 5.60 Å². The fraction of sp³-hybridized carbons (Fsp3) is 0.400. The number of nitrogen functional groups attached to an aromatic ring is 1. The third-order valence-electron chi connectivity index (χ3n) is 3.87. The SMILES string of the molecule is COC1(CNc2ccnc3cc(N)ccc23)CCOC1. The van der Waals surface area contributed by atoms with Crippen molar-refractivity contribution in [2.24, 2.45) is 0 Å². The Kier molecular flexibility index (Phi) is 3.46. The van der Waals surface area contributed by atoms with Gasteiger partial charge in [0.25, 0.3) is 0 Å². The maximum atomic E-state index is 5.79. The second kappa shape index (κ2) is 5.26. The van der Waals surface area contributed by atoms with Crippen LogP contribution in [0.25, 0.3) is 10.9 Å². The molecule has 3 N–H and O–H groups in total. The third kappa shape index (κ3) is 2.42. The van der Waals surface area contributed by atoms with Gasteiger partial charge in [0, 0.05) is 49.6 Å². The van der Waals surface area contributed by atoms with Gasteiger partial charge in [0.2, 0.25) is 0 Å². The van der Waals surface area contributed by atoms with E-state index in [1.54, 1.807) is 13.3 Å². The van der Waals surface area contributed by atoms with Crippen molar-refractivity contribution in [2.75, 3.05) is 37.9 Å². The minimum absolute atomic E-state index is 0.233. The Balaban J connectivity index is 1.84. The minimum Gasteiger partial charge on any atom is -0.399 e. The van der Waals surface area contributed by atoms with Gasteiger partial charge in [-0.1, -0.05) is 0 Å². The van der Waals surface area contributed by atoms with Crippen molar-refractivity contribution in [1.82, 2.24) is 4.98 Å². The lowest BCUT2D eigenvalue weighted by molar-refractivity contribution is -0.00618. The third-order valence-corrected chi connectivity index (χ3v) is 3.87. The molecule has 20 heavy (non-hydrogen) atoms. The first-order valence-electron chi connectivity index (χ1n) is 6.73. The summed E-state index contributed by atoms with van der Waals surface area (Å²) in [7, 11) is 1.74. The van der Waals surface area contributed by atoms with E-state index in [9.17, 15) is 0 Å². The predicted molar refractivity (Wildman–Crippen MR) is 79.8 cm³/mol. The van der Waals surface area contributed by atoms with Gasteiger partial charge in [0.15, 0.2) is 0 Å². The van der Waals surface area contributed by atoms with Crippen LogP contribution in [0.15, 0.2) is 30.5 Å². The first-order chi connectivity index (χ1) is 9.72. The number of hydrogen-bond acceptors (Lipinski definition) is 5. The molecule has 1 aromatic carbocycles. The number of ether oxygens (including phenoxy) is 2. The van der Waals surface area contributed by atoms with Gasteiger partial charge in [-0.05, 0) is 24.3 Å². The van der Waals surface area contributed by atoms with Crippen LogP contribution in [-0.4, -0.2) is 37.5 Å². The molecule has 5 heteroatoms. The fourth-order valence-corrected chi connectivity index (χ4v) is 2.54. The number of nitrogens with zero attached hydrogens (tertiary/aromatic N) is 1. The zero-order chi connectivity index (χ0) is 14.0. The van der Waals surface area contributed by atoms with Gasteiger partial charge in [-0.3, -0.25) is 4.98 Å². The maximum absolute atomic E-state index is 5.79. The number of methoxy groups -OCH3 is 1. The molecule has 106 valence electrons. The smallest absolute Gasteiger partial charge is 0.110 e. The molecule has 0 amide bonds. The highest BCUT2D eigenvalue weighted by Crippen LogP contribution is 2.27. The summed E-state index contributed by atoms with van der Waals surface area (Å²) >= 11 is 0. The molecule has 1 saturated heterocycles. The van der Waals surface area contributed by atoms with Crippen LogP contribution in [0.4, 0.5) is 11.4 Å². The van der Waals surface area contributed by atoms with Crippen molar-refractivity contribution < 1.29 is 9.47 Å². The summed E-state index contributed by atoms with van der Waals surface area (Å²) in [6.07, 6.45) is 2.70. The molecule has 0 radical (unpaired) electrons. The summed E-state index contributed by atoms with van der Waals surface area (Å²) in [6, 6.07) is 7.73. The van der Waals surface area contributed by atoms with Crippen LogP contribution < -0.4 is 11.1 Å². The number of aromatic nitrogens is 1. The molecule has 1 atom stereocenters. The van der Waals surface area contributed by atoms with Crippen molar-refractivity contribution >= 4 is 22.3 Å². The molecule has 1 aliphatic heterocycles. The van der Waals surface area contributed by atoms with Gasteiger partial charge in [-0.15, -0.1) is 0 Å². The molecule has 1 unspecified atom stereocenters. The molecule has 2 heterocycles. The molecule has 1 aromatic heterocycles. The van der Waals surface area contributed by atoms with Gasteiger partial charge in [0.05, 0.1) is 12.1 Å². The Morgan fingerprint density at radius 1 is 1.45 bits per heavy atom. The van der Waals surface area contributed by atoms with Crippen molar-refractivity contribution in [3.05, 3.63) is 30.5 Å². The number of pyridine rings is 1. The molecule has 0 spiro atoms. The minimum atomic E-state index is -0.233. The summed E-state index contributed by atoms with van der Waals surface area (Å²) in [5, 5.41) is 4.52. The zero-order valence-corrected chi connectivity index (χ0v) is 11.6. The summed E-state index contributed by atoms with van der Waals surface area (Å²) in [5.41, 5.74) is 8.22. The Hall–Kier alpha value is -1.85. The lowest BCUT2D eigenvalue weighted by atomic mass is 10.0. The number of hydrogen-bond donors (Lipinski definition) is 2. The number of rotatable bonds is 4. The highest BCUT2D eigenvalue weighted by Gasteiger charge is 2.34. The monoisotopic (exact) mass is 273 g/mol. The lowest BCUT2D eigenvalue weighted by Crippen LogP contribution is -2.39. The normalized spacial score (nSPS) is 22.2. The average molecular weight is 273 g/mol. The van der Waals surface area contributed by atoms with Crippen LogP contribution in [-0.2, 0) is 9.47 Å². The second-order valence-corrected chi connectivity index (χ2v) is 5.18. The average Bonchev–Trinajstić information content (AvgIpc) is 2.94. The predicted octanol–water partition coefficient (Wildman–Crippen LogP) is 2.03. The van der Waals surface area contributed by atoms with E-state index < -0.39 is 0 Å². The number of nitrogens with one attached hydrogen (secondary N) is 1. The van der Waals surface area contributed by atoms with E-state index >= 15 is 0 Å². The Bertz CT molecular complexity index is 609. The van der Waals surface area contributed by atoms with E-state index in [4.69, 9.17) is 15.2 Å². The fourth-order valence-electron chi connectivity index (χ4n) is 2.54. The van der Waals surface area contributed by atoms with Gasteiger partial charge in [-0.25, -0.2) is 0 Å². The molecular weight excluding hydrogens is 254 g/mol. The highest BCUT2D eigenvalue weighted by atomic mass is 16.5. The van der Waals surface area contributed by atoms with Crippen LogP contribution in [0.1, 0.15) is 6.42 Å². The topological polar surface area (TPSA) is 69.4 Å². The Morgan fingerprint density at radius 3 is 3.10 bits per heavy atom. The molecule has 1 fully saturated rings. The van der Waals surface area contributed by atoms with Crippen LogP contribution in [0, 0.1) is 0 Å². The largest absolute Gasteiger partial charge is 0.399 e. The summed E-state index contributed by atoms with van der Waals surface area (Å²) < 4.78 is 11.1. The molecule has 1 aliphatic rings. The molecule has 5 nitrogen and oxygen atoms in total. The molecule has 0 aliphatic carbocycles. The van der Waals surface area contributed by atoms with E-state index in [1.165, 1.54) is 0 Å². The highest BCUT2D eigenvalue weighted by molar-refractivity contribution is 5.92. The number of benzene rings is 1. The Labute approximate surface area is 118 Å². The molecule has 0 saturated carbocycles. The van der Waals surface area contributed by atoms with Crippen LogP contribution >= 0.6 is 0 Å². The van der Waals surface area contributed by atoms with E-state index in [1.807, 2.05) is 24.3 Å². The molecule has 0 bridgehead atoms. The lowest BCUT2D eigenvalue weighted by Gasteiger charge is -2.26. The van der Waals surface area contributed by atoms with Crippen LogP contribution in [0.3, 0.4) is 0 Å². The summed E-state index contributed by atoms with van der Waals surface area (Å²) in [4.78, 5) is 4.34. The van der Waals surface area contributed by atoms with Crippen molar-refractivity contribution in [3.63, 3.8) is 0 Å². The van der Waals surface area contributed by atoms with Crippen LogP contribution in [0.2, 0.25) is 0 Å². The van der Waals surface area contributed by atoms with E-state index in [0.29, 0.717) is 13.2 Å². The van der Waals surface area contributed by atoms with E-state index in [-0.39, 0.29) is 5.60 Å². The van der Waals surface area contributed by atoms with Crippen LogP contribution in [0.5, 0.6) is 0 Å². The summed E-state index contributed by atoms with van der Waals surface area (Å²) in [6.45, 7) is 2.10. The van der Waals surface area contributed by atoms with Crippen molar-refractivity contribution in [3.8, 4) is 0 Å². The first kappa shape index (κ1) is 13.1. The number of anilines is 2. The van der Waals surface area contributed by atoms with Gasteiger partial charge < -0.3 is 20.5 Å². The Morgan fingerprint density at radius 2 is 2.35 bits per heavy atom. The molecular formula is C15H19N3O2. The molecule has 2 aromatic rings. The second-order valence-electron chi connectivity index (χ2n) is 5.18. The van der Waals surface area contributed by atoms with Gasteiger partial charge in [-0.2, -0.15) is 0 Å². The van der Waals surface area contributed by atoms with Gasteiger partial charge >= 0.3 is 0 Å². The number of nitrogens with two attached hydrogens (primary N) is 1. The van der Waals surface area contributed by atoms with Crippen molar-refractivity contribution in [2.45, 2.75) is 12.0 Å². The van der Waals surface area contributed by atoms with E-state index in [0.717, 1.165) is 35.3 Å². The van der Waals surface area contributed by atoms with Crippen molar-refractivity contribution in [1.29, 1.82) is 0 Å². The number of fused-ring (bicyclic) bond motifs is 1. The first-order valence-corrected chi connectivity index (χ1v) is 6.73. The van der Waals surface area contributed by atoms with E-state index in [2.05, 4.69) is 10.3 Å². The summed E-state index contributed by atoms with van der Waals surface area (Å²) in [5.74, 6) is 0. The zero-order valence-electron chi connectivity index (χ0n) is 11.6. The quantitative estimate of drug-likeness (QED) is 0.834.